The van der Waals surface area contributed by atoms with Gasteiger partial charge in [0.2, 0.25) is 0 Å². The normalized spacial score (nSPS) is 11.1. The molecule has 0 aliphatic rings. The molecule has 0 fully saturated rings. The first-order chi connectivity index (χ1) is 7.27. The lowest BCUT2D eigenvalue weighted by Crippen LogP contribution is -2.21. The molecule has 0 saturated heterocycles. The van der Waals surface area contributed by atoms with Crippen LogP contribution in [0.5, 0.6) is 0 Å². The highest BCUT2D eigenvalue weighted by atomic mass is 16.2. The van der Waals surface area contributed by atoms with Crippen LogP contribution in [0.3, 0.4) is 0 Å². The van der Waals surface area contributed by atoms with Crippen molar-refractivity contribution in [2.75, 3.05) is 0 Å². The van der Waals surface area contributed by atoms with Gasteiger partial charge in [0.15, 0.2) is 0 Å². The molecule has 0 aliphatic heterocycles. The van der Waals surface area contributed by atoms with Crippen LogP contribution < -0.4 is 5.64 Å². The second-order valence-electron chi connectivity index (χ2n) is 4.18. The Kier molecular flexibility index (Phi) is 11.6. The van der Waals surface area contributed by atoms with Gasteiger partial charge in [-0.3, -0.25) is 0 Å². The third-order valence-corrected chi connectivity index (χ3v) is 2.56. The van der Waals surface area contributed by atoms with Crippen LogP contribution in [0.15, 0.2) is 12.1 Å². The third-order valence-electron chi connectivity index (χ3n) is 2.56. The lowest BCUT2D eigenvalue weighted by molar-refractivity contribution is 0.576. The maximum absolute atomic E-state index is 8.77. The van der Waals surface area contributed by atoms with E-state index in [0.29, 0.717) is 0 Å². The van der Waals surface area contributed by atoms with Crippen LogP contribution >= 0.6 is 0 Å². The molecule has 3 N–H and O–H groups in total. The van der Waals surface area contributed by atoms with Crippen molar-refractivity contribution < 1.29 is 5.02 Å². The summed E-state index contributed by atoms with van der Waals surface area (Å²) >= 11 is 0. The zero-order valence-corrected chi connectivity index (χ0v) is 10.1. The van der Waals surface area contributed by atoms with Gasteiger partial charge in [-0.25, -0.2) is 0 Å². The molecule has 0 aliphatic carbocycles. The molecule has 0 atom stereocenters. The van der Waals surface area contributed by atoms with E-state index in [-0.39, 0.29) is 0 Å². The predicted octanol–water partition coefficient (Wildman–Crippen LogP) is 3.05. The minimum Gasteiger partial charge on any atom is -0.434 e. The molecule has 0 aromatic carbocycles. The fraction of sp³-hybridized carbons (Fsp3) is 0.833. The SMILES string of the molecule is CCCCCCCCCCC=CB(N)O. The first-order valence-electron chi connectivity index (χ1n) is 6.37. The van der Waals surface area contributed by atoms with Crippen LogP contribution in [0.1, 0.15) is 64.7 Å². The average Bonchev–Trinajstić information content (AvgIpc) is 2.20. The van der Waals surface area contributed by atoms with Gasteiger partial charge in [-0.2, -0.15) is 0 Å². The Morgan fingerprint density at radius 3 is 2.07 bits per heavy atom. The van der Waals surface area contributed by atoms with Gasteiger partial charge in [-0.05, 0) is 12.8 Å². The van der Waals surface area contributed by atoms with E-state index >= 15 is 0 Å². The summed E-state index contributed by atoms with van der Waals surface area (Å²) in [4.78, 5) is 0. The van der Waals surface area contributed by atoms with Crippen molar-refractivity contribution in [1.29, 1.82) is 0 Å². The average molecular weight is 211 g/mol. The summed E-state index contributed by atoms with van der Waals surface area (Å²) in [6, 6.07) is 0. The third kappa shape index (κ3) is 13.7. The molecule has 0 heterocycles. The number of allylic oxidation sites excluding steroid dienone is 1. The van der Waals surface area contributed by atoms with Crippen LogP contribution in [-0.4, -0.2) is 12.1 Å². The molecule has 2 nitrogen and oxygen atoms in total. The Morgan fingerprint density at radius 2 is 1.53 bits per heavy atom. The van der Waals surface area contributed by atoms with E-state index in [2.05, 4.69) is 6.92 Å². The van der Waals surface area contributed by atoms with E-state index in [4.69, 9.17) is 10.7 Å². The summed E-state index contributed by atoms with van der Waals surface area (Å²) in [6.07, 6.45) is 13.8. The number of hydrogen-bond donors (Lipinski definition) is 2. The molecule has 0 saturated carbocycles. The van der Waals surface area contributed by atoms with Gasteiger partial charge in [0.1, 0.15) is 0 Å². The van der Waals surface area contributed by atoms with Crippen molar-refractivity contribution in [3.8, 4) is 0 Å². The number of unbranched alkanes of at least 4 members (excludes halogenated alkanes) is 8. The summed E-state index contributed by atoms with van der Waals surface area (Å²) in [7, 11) is -0.779. The highest BCUT2D eigenvalue weighted by molar-refractivity contribution is 6.52. The monoisotopic (exact) mass is 211 g/mol. The second kappa shape index (κ2) is 11.8. The molecule has 0 rings (SSSR count). The van der Waals surface area contributed by atoms with Gasteiger partial charge < -0.3 is 10.7 Å². The number of hydrogen-bond acceptors (Lipinski definition) is 2. The maximum atomic E-state index is 8.77. The van der Waals surface area contributed by atoms with Crippen LogP contribution in [0.4, 0.5) is 0 Å². The Morgan fingerprint density at radius 1 is 1.00 bits per heavy atom. The van der Waals surface area contributed by atoms with Crippen LogP contribution in [0, 0.1) is 0 Å². The van der Waals surface area contributed by atoms with E-state index in [9.17, 15) is 0 Å². The minimum atomic E-state index is -0.779. The van der Waals surface area contributed by atoms with Gasteiger partial charge in [-0.15, -0.1) is 0 Å². The van der Waals surface area contributed by atoms with Gasteiger partial charge in [0.25, 0.3) is 0 Å². The summed E-state index contributed by atoms with van der Waals surface area (Å²) in [5.41, 5.74) is 5.17. The molecule has 0 aromatic heterocycles. The molecule has 88 valence electrons. The largest absolute Gasteiger partial charge is 0.434 e. The molecule has 0 radical (unpaired) electrons. The Bertz CT molecular complexity index is 149. The maximum Gasteiger partial charge on any atom is 0.402 e. The lowest BCUT2D eigenvalue weighted by atomic mass is 9.86. The topological polar surface area (TPSA) is 46.2 Å². The molecular weight excluding hydrogens is 185 g/mol. The molecule has 0 amide bonds. The van der Waals surface area contributed by atoms with Crippen molar-refractivity contribution in [2.24, 2.45) is 5.64 Å². The van der Waals surface area contributed by atoms with Crippen molar-refractivity contribution in [3.63, 3.8) is 0 Å². The Labute approximate surface area is 95.1 Å². The van der Waals surface area contributed by atoms with Gasteiger partial charge in [-0.1, -0.05) is 63.9 Å². The van der Waals surface area contributed by atoms with Gasteiger partial charge in [0, 0.05) is 0 Å². The van der Waals surface area contributed by atoms with Crippen LogP contribution in [-0.2, 0) is 0 Å². The Balaban J connectivity index is 2.99. The summed E-state index contributed by atoms with van der Waals surface area (Å²) in [6.45, 7) is 2.25. The molecule has 3 heteroatoms. The molecule has 0 aromatic rings. The van der Waals surface area contributed by atoms with Crippen molar-refractivity contribution >= 4 is 7.05 Å². The van der Waals surface area contributed by atoms with E-state index in [0.717, 1.165) is 6.42 Å². The first-order valence-corrected chi connectivity index (χ1v) is 6.37. The number of rotatable bonds is 10. The summed E-state index contributed by atoms with van der Waals surface area (Å²) in [5.74, 6) is 1.65. The van der Waals surface area contributed by atoms with Crippen molar-refractivity contribution in [1.82, 2.24) is 0 Å². The highest BCUT2D eigenvalue weighted by Crippen LogP contribution is 2.09. The predicted molar refractivity (Wildman–Crippen MR) is 68.5 cm³/mol. The zero-order chi connectivity index (χ0) is 11.4. The van der Waals surface area contributed by atoms with E-state index in [1.165, 1.54) is 51.4 Å². The van der Waals surface area contributed by atoms with Crippen molar-refractivity contribution in [2.45, 2.75) is 64.7 Å². The van der Waals surface area contributed by atoms with Gasteiger partial charge >= 0.3 is 7.05 Å². The van der Waals surface area contributed by atoms with Crippen LogP contribution in [0.25, 0.3) is 0 Å². The molecule has 0 bridgehead atoms. The van der Waals surface area contributed by atoms with Crippen molar-refractivity contribution in [3.05, 3.63) is 12.1 Å². The highest BCUT2D eigenvalue weighted by Gasteiger charge is 1.94. The Hall–Kier alpha value is -0.275. The smallest absolute Gasteiger partial charge is 0.402 e. The number of nitrogens with two attached hydrogens (primary N) is 1. The summed E-state index contributed by atoms with van der Waals surface area (Å²) < 4.78 is 0. The standard InChI is InChI=1S/C12H26BNO/c1-2-3-4-5-6-7-8-9-10-11-12-13(14)15/h11-12,15H,2-10,14H2,1H3. The molecular formula is C12H26BNO. The van der Waals surface area contributed by atoms with E-state index in [1.54, 1.807) is 5.98 Å². The second-order valence-corrected chi connectivity index (χ2v) is 4.18. The van der Waals surface area contributed by atoms with Crippen LogP contribution in [0.2, 0.25) is 0 Å². The quantitative estimate of drug-likeness (QED) is 0.431. The molecule has 0 spiro atoms. The fourth-order valence-corrected chi connectivity index (χ4v) is 1.63. The molecule has 15 heavy (non-hydrogen) atoms. The fourth-order valence-electron chi connectivity index (χ4n) is 1.63. The van der Waals surface area contributed by atoms with Gasteiger partial charge in [0.05, 0.1) is 0 Å². The van der Waals surface area contributed by atoms with E-state index in [1.807, 2.05) is 6.08 Å². The molecule has 0 unspecified atom stereocenters. The summed E-state index contributed by atoms with van der Waals surface area (Å²) in [5, 5.41) is 8.77. The first kappa shape index (κ1) is 14.7. The lowest BCUT2D eigenvalue weighted by Gasteiger charge is -1.99. The van der Waals surface area contributed by atoms with E-state index < -0.39 is 7.05 Å². The minimum absolute atomic E-state index is 0.779. The zero-order valence-electron chi connectivity index (χ0n) is 10.1.